The number of rotatable bonds is 6. The molecule has 0 spiro atoms. The molecule has 2 rings (SSSR count). The van der Waals surface area contributed by atoms with Gasteiger partial charge in [-0.1, -0.05) is 93.4 Å². The molecule has 2 heteroatoms. The third kappa shape index (κ3) is 18.1. The Balaban J connectivity index is 0. The molecule has 0 aliphatic carbocycles. The number of nitrogens with one attached hydrogen (secondary N) is 2. The van der Waals surface area contributed by atoms with Crippen molar-refractivity contribution in [3.05, 3.63) is 103 Å². The molecule has 0 radical (unpaired) electrons. The standard InChI is InChI=1S/C13H18N2.C7H8.C4H10.C2H4/c1-10(2)9-14-12(4)15-13-7-5-6-11(3)8-13;1-7-5-3-2-4-6-7;1-3-4-2;1-2/h5-8,14-15H,1,4,9H2,2-3H3;2-6H,1H3;3-4H2,1-2H3;1-2H2. The van der Waals surface area contributed by atoms with E-state index in [0.29, 0.717) is 0 Å². The van der Waals surface area contributed by atoms with Crippen molar-refractivity contribution in [2.45, 2.75) is 47.5 Å². The molecule has 154 valence electrons. The van der Waals surface area contributed by atoms with Crippen LogP contribution < -0.4 is 10.6 Å². The van der Waals surface area contributed by atoms with E-state index in [4.69, 9.17) is 0 Å². The fraction of sp³-hybridized carbons (Fsp3) is 0.308. The highest BCUT2D eigenvalue weighted by molar-refractivity contribution is 5.49. The zero-order chi connectivity index (χ0) is 21.8. The summed E-state index contributed by atoms with van der Waals surface area (Å²) in [5.74, 6) is 0.795. The zero-order valence-corrected chi connectivity index (χ0v) is 18.6. The van der Waals surface area contributed by atoms with Gasteiger partial charge in [0.2, 0.25) is 0 Å². The second-order valence-electron chi connectivity index (χ2n) is 6.44. The maximum absolute atomic E-state index is 3.89. The molecule has 0 saturated carbocycles. The fourth-order valence-corrected chi connectivity index (χ4v) is 1.73. The van der Waals surface area contributed by atoms with Gasteiger partial charge in [0.15, 0.2) is 0 Å². The van der Waals surface area contributed by atoms with Gasteiger partial charge in [-0.3, -0.25) is 0 Å². The van der Waals surface area contributed by atoms with Crippen LogP contribution in [0.1, 0.15) is 44.7 Å². The van der Waals surface area contributed by atoms with E-state index in [1.807, 2.05) is 37.3 Å². The van der Waals surface area contributed by atoms with Crippen molar-refractivity contribution in [2.24, 2.45) is 0 Å². The van der Waals surface area contributed by atoms with E-state index in [0.717, 1.165) is 23.6 Å². The average Bonchev–Trinajstić information content (AvgIpc) is 2.69. The van der Waals surface area contributed by atoms with Gasteiger partial charge in [-0.25, -0.2) is 0 Å². The lowest BCUT2D eigenvalue weighted by Gasteiger charge is -2.12. The highest BCUT2D eigenvalue weighted by Gasteiger charge is 1.95. The summed E-state index contributed by atoms with van der Waals surface area (Å²) < 4.78 is 0. The topological polar surface area (TPSA) is 24.1 Å². The molecule has 0 aliphatic heterocycles. The SMILES string of the molecule is C=C.C=C(C)CNC(=C)Nc1cccc(C)c1.CCCC.Cc1ccccc1. The van der Waals surface area contributed by atoms with E-state index in [-0.39, 0.29) is 0 Å². The highest BCUT2D eigenvalue weighted by Crippen LogP contribution is 2.10. The molecular weight excluding hydrogens is 340 g/mol. The fourth-order valence-electron chi connectivity index (χ4n) is 1.73. The molecule has 2 N–H and O–H groups in total. The number of benzene rings is 2. The molecule has 0 amide bonds. The molecule has 2 nitrogen and oxygen atoms in total. The largest absolute Gasteiger partial charge is 0.368 e. The van der Waals surface area contributed by atoms with Crippen molar-refractivity contribution in [2.75, 3.05) is 11.9 Å². The minimum Gasteiger partial charge on any atom is -0.368 e. The predicted molar refractivity (Wildman–Crippen MR) is 130 cm³/mol. The maximum atomic E-state index is 3.89. The van der Waals surface area contributed by atoms with Gasteiger partial charge in [-0.15, -0.1) is 13.2 Å². The second-order valence-corrected chi connectivity index (χ2v) is 6.44. The molecule has 0 unspecified atom stereocenters. The quantitative estimate of drug-likeness (QED) is 0.503. The summed E-state index contributed by atoms with van der Waals surface area (Å²) in [7, 11) is 0. The number of hydrogen-bond acceptors (Lipinski definition) is 2. The highest BCUT2D eigenvalue weighted by atomic mass is 15.1. The van der Waals surface area contributed by atoms with Gasteiger partial charge in [0.05, 0.1) is 5.82 Å². The number of anilines is 1. The molecule has 2 aromatic carbocycles. The molecule has 0 heterocycles. The summed E-state index contributed by atoms with van der Waals surface area (Å²) >= 11 is 0. The minimum absolute atomic E-state index is 0.748. The van der Waals surface area contributed by atoms with Crippen molar-refractivity contribution in [1.29, 1.82) is 0 Å². The smallest absolute Gasteiger partial charge is 0.0959 e. The van der Waals surface area contributed by atoms with Gasteiger partial charge in [0.25, 0.3) is 0 Å². The summed E-state index contributed by atoms with van der Waals surface area (Å²) in [6.45, 7) is 24.9. The van der Waals surface area contributed by atoms with Gasteiger partial charge >= 0.3 is 0 Å². The van der Waals surface area contributed by atoms with E-state index in [9.17, 15) is 0 Å². The van der Waals surface area contributed by atoms with Crippen molar-refractivity contribution >= 4 is 5.69 Å². The van der Waals surface area contributed by atoms with E-state index in [2.05, 4.69) is 88.9 Å². The van der Waals surface area contributed by atoms with Crippen LogP contribution in [0.3, 0.4) is 0 Å². The Hall–Kier alpha value is -2.74. The summed E-state index contributed by atoms with van der Waals surface area (Å²) in [6, 6.07) is 18.4. The molecule has 0 atom stereocenters. The van der Waals surface area contributed by atoms with Crippen molar-refractivity contribution in [3.63, 3.8) is 0 Å². The van der Waals surface area contributed by atoms with Crippen molar-refractivity contribution in [1.82, 2.24) is 5.32 Å². The first kappa shape index (κ1) is 27.5. The number of hydrogen-bond donors (Lipinski definition) is 2. The average molecular weight is 381 g/mol. The van der Waals surface area contributed by atoms with Crippen LogP contribution in [0.15, 0.2) is 92.3 Å². The predicted octanol–water partition coefficient (Wildman–Crippen LogP) is 7.65. The summed E-state index contributed by atoms with van der Waals surface area (Å²) in [4.78, 5) is 0. The first-order chi connectivity index (χ1) is 13.4. The Morgan fingerprint density at radius 3 is 1.75 bits per heavy atom. The van der Waals surface area contributed by atoms with Gasteiger partial charge in [0, 0.05) is 12.2 Å². The Morgan fingerprint density at radius 1 is 0.821 bits per heavy atom. The van der Waals surface area contributed by atoms with Crippen LogP contribution in [-0.2, 0) is 0 Å². The van der Waals surface area contributed by atoms with E-state index in [1.165, 1.54) is 24.0 Å². The Kier molecular flexibility index (Phi) is 18.7. The number of aryl methyl sites for hydroxylation is 2. The van der Waals surface area contributed by atoms with Gasteiger partial charge in [-0.2, -0.15) is 0 Å². The van der Waals surface area contributed by atoms with E-state index < -0.39 is 0 Å². The third-order valence-electron chi connectivity index (χ3n) is 3.36. The number of unbranched alkanes of at least 4 members (excludes halogenated alkanes) is 1. The minimum atomic E-state index is 0.748. The molecule has 0 saturated heterocycles. The van der Waals surface area contributed by atoms with Gasteiger partial charge in [-0.05, 0) is 38.5 Å². The normalized spacial score (nSPS) is 8.46. The zero-order valence-electron chi connectivity index (χ0n) is 18.6. The summed E-state index contributed by atoms with van der Waals surface area (Å²) in [5, 5.41) is 6.34. The van der Waals surface area contributed by atoms with Gasteiger partial charge < -0.3 is 10.6 Å². The molecule has 0 fully saturated rings. The van der Waals surface area contributed by atoms with Crippen LogP contribution in [0.25, 0.3) is 0 Å². The van der Waals surface area contributed by atoms with E-state index in [1.54, 1.807) is 0 Å². The summed E-state index contributed by atoms with van der Waals surface area (Å²) in [6.07, 6.45) is 2.64. The lowest BCUT2D eigenvalue weighted by molar-refractivity contribution is 0.882. The Bertz CT molecular complexity index is 642. The molecule has 0 aromatic heterocycles. The second kappa shape index (κ2) is 19.0. The Morgan fingerprint density at radius 2 is 1.36 bits per heavy atom. The molecule has 2 aromatic rings. The van der Waals surface area contributed by atoms with Crippen LogP contribution in [0.5, 0.6) is 0 Å². The summed E-state index contributed by atoms with van der Waals surface area (Å²) in [5.41, 5.74) is 4.69. The lowest BCUT2D eigenvalue weighted by atomic mass is 10.2. The van der Waals surface area contributed by atoms with Crippen LogP contribution in [0.2, 0.25) is 0 Å². The molecule has 0 bridgehead atoms. The molecular formula is C26H40N2. The maximum Gasteiger partial charge on any atom is 0.0959 e. The monoisotopic (exact) mass is 380 g/mol. The van der Waals surface area contributed by atoms with Crippen molar-refractivity contribution < 1.29 is 0 Å². The molecule has 0 aliphatic rings. The van der Waals surface area contributed by atoms with Crippen LogP contribution in [-0.4, -0.2) is 6.54 Å². The lowest BCUT2D eigenvalue weighted by Crippen LogP contribution is -2.20. The van der Waals surface area contributed by atoms with Crippen LogP contribution in [0, 0.1) is 13.8 Å². The van der Waals surface area contributed by atoms with Crippen LogP contribution in [0.4, 0.5) is 5.69 Å². The first-order valence-electron chi connectivity index (χ1n) is 9.81. The van der Waals surface area contributed by atoms with E-state index >= 15 is 0 Å². The van der Waals surface area contributed by atoms with Gasteiger partial charge in [0.1, 0.15) is 0 Å². The Labute approximate surface area is 174 Å². The third-order valence-corrected chi connectivity index (χ3v) is 3.36. The van der Waals surface area contributed by atoms with Crippen LogP contribution >= 0.6 is 0 Å². The first-order valence-corrected chi connectivity index (χ1v) is 9.81. The van der Waals surface area contributed by atoms with Crippen molar-refractivity contribution in [3.8, 4) is 0 Å². The molecule has 28 heavy (non-hydrogen) atoms.